The Hall–Kier alpha value is -0.590. The molecule has 2 fully saturated rings. The van der Waals surface area contributed by atoms with Crippen molar-refractivity contribution >= 4 is 0 Å². The SMILES string of the molecule is N#CCCCN1CCCC[C@@H](N2CCCC2)C1. The highest BCUT2D eigenvalue weighted by Gasteiger charge is 2.25. The molecule has 0 saturated carbocycles. The minimum atomic E-state index is 0.713. The van der Waals surface area contributed by atoms with E-state index < -0.39 is 0 Å². The Labute approximate surface area is 105 Å². The van der Waals surface area contributed by atoms with Crippen LogP contribution in [0.5, 0.6) is 0 Å². The van der Waals surface area contributed by atoms with Gasteiger partial charge in [0.05, 0.1) is 6.07 Å². The molecule has 0 aromatic rings. The van der Waals surface area contributed by atoms with E-state index in [1.165, 1.54) is 58.3 Å². The number of unbranched alkanes of at least 4 members (excludes halogenated alkanes) is 1. The Balaban J connectivity index is 1.79. The minimum Gasteiger partial charge on any atom is -0.302 e. The van der Waals surface area contributed by atoms with Crippen LogP contribution in [0.15, 0.2) is 0 Å². The topological polar surface area (TPSA) is 30.3 Å². The maximum Gasteiger partial charge on any atom is 0.0622 e. The molecule has 2 heterocycles. The molecule has 2 rings (SSSR count). The van der Waals surface area contributed by atoms with Gasteiger partial charge < -0.3 is 4.90 Å². The lowest BCUT2D eigenvalue weighted by atomic mass is 10.1. The first-order valence-corrected chi connectivity index (χ1v) is 7.23. The van der Waals surface area contributed by atoms with Gasteiger partial charge in [0.25, 0.3) is 0 Å². The van der Waals surface area contributed by atoms with Crippen LogP contribution >= 0.6 is 0 Å². The van der Waals surface area contributed by atoms with Crippen molar-refractivity contribution in [3.05, 3.63) is 0 Å². The van der Waals surface area contributed by atoms with E-state index in [0.717, 1.165) is 19.0 Å². The second-order valence-corrected chi connectivity index (χ2v) is 5.45. The molecule has 96 valence electrons. The maximum absolute atomic E-state index is 8.60. The summed E-state index contributed by atoms with van der Waals surface area (Å²) < 4.78 is 0. The Bertz CT molecular complexity index is 253. The number of nitrogens with zero attached hydrogens (tertiary/aromatic N) is 3. The summed E-state index contributed by atoms with van der Waals surface area (Å²) in [4.78, 5) is 5.29. The first-order valence-electron chi connectivity index (χ1n) is 7.23. The lowest BCUT2D eigenvalue weighted by molar-refractivity contribution is 0.171. The van der Waals surface area contributed by atoms with Gasteiger partial charge in [-0.25, -0.2) is 0 Å². The van der Waals surface area contributed by atoms with E-state index in [-0.39, 0.29) is 0 Å². The van der Waals surface area contributed by atoms with Crippen LogP contribution in [0.3, 0.4) is 0 Å². The van der Waals surface area contributed by atoms with Gasteiger partial charge in [0.2, 0.25) is 0 Å². The van der Waals surface area contributed by atoms with Crippen molar-refractivity contribution in [3.8, 4) is 6.07 Å². The van der Waals surface area contributed by atoms with Crippen molar-refractivity contribution in [1.82, 2.24) is 9.80 Å². The fourth-order valence-corrected chi connectivity index (χ4v) is 3.19. The number of hydrogen-bond donors (Lipinski definition) is 0. The van der Waals surface area contributed by atoms with Crippen LogP contribution in [0.4, 0.5) is 0 Å². The fourth-order valence-electron chi connectivity index (χ4n) is 3.19. The molecule has 2 aliphatic rings. The van der Waals surface area contributed by atoms with Gasteiger partial charge in [0.15, 0.2) is 0 Å². The van der Waals surface area contributed by atoms with Gasteiger partial charge >= 0.3 is 0 Å². The van der Waals surface area contributed by atoms with Gasteiger partial charge in [-0.2, -0.15) is 5.26 Å². The second-order valence-electron chi connectivity index (χ2n) is 5.45. The van der Waals surface area contributed by atoms with Gasteiger partial charge in [-0.05, 0) is 58.3 Å². The smallest absolute Gasteiger partial charge is 0.0622 e. The van der Waals surface area contributed by atoms with E-state index in [2.05, 4.69) is 15.9 Å². The highest BCUT2D eigenvalue weighted by molar-refractivity contribution is 4.82. The van der Waals surface area contributed by atoms with E-state index in [9.17, 15) is 0 Å². The van der Waals surface area contributed by atoms with Crippen LogP contribution in [0, 0.1) is 11.3 Å². The molecule has 17 heavy (non-hydrogen) atoms. The molecular formula is C14H25N3. The predicted molar refractivity (Wildman–Crippen MR) is 69.7 cm³/mol. The van der Waals surface area contributed by atoms with Gasteiger partial charge in [0.1, 0.15) is 0 Å². The van der Waals surface area contributed by atoms with E-state index in [1.54, 1.807) is 0 Å². The average molecular weight is 235 g/mol. The molecule has 0 radical (unpaired) electrons. The van der Waals surface area contributed by atoms with Crippen molar-refractivity contribution in [3.63, 3.8) is 0 Å². The van der Waals surface area contributed by atoms with Crippen molar-refractivity contribution in [2.24, 2.45) is 0 Å². The number of likely N-dealkylation sites (tertiary alicyclic amines) is 2. The van der Waals surface area contributed by atoms with Crippen LogP contribution < -0.4 is 0 Å². The summed E-state index contributed by atoms with van der Waals surface area (Å²) in [5.41, 5.74) is 0. The predicted octanol–water partition coefficient (Wildman–Crippen LogP) is 2.24. The van der Waals surface area contributed by atoms with Crippen LogP contribution in [0.2, 0.25) is 0 Å². The third-order valence-electron chi connectivity index (χ3n) is 4.15. The standard InChI is InChI=1S/C14H25N3/c15-8-2-4-10-16-9-3-1-7-14(13-16)17-11-5-6-12-17/h14H,1-7,9-13H2/t14-/m1/s1. The zero-order chi connectivity index (χ0) is 11.9. The fraction of sp³-hybridized carbons (Fsp3) is 0.929. The van der Waals surface area contributed by atoms with Crippen LogP contribution in [-0.4, -0.2) is 48.6 Å². The quantitative estimate of drug-likeness (QED) is 0.700. The Morgan fingerprint density at radius 2 is 1.82 bits per heavy atom. The molecule has 0 bridgehead atoms. The van der Waals surface area contributed by atoms with Gasteiger partial charge in [-0.1, -0.05) is 6.42 Å². The van der Waals surface area contributed by atoms with Crippen molar-refractivity contribution < 1.29 is 0 Å². The van der Waals surface area contributed by atoms with E-state index in [4.69, 9.17) is 5.26 Å². The summed E-state index contributed by atoms with van der Waals surface area (Å²) in [6.07, 6.45) is 8.66. The first-order chi connectivity index (χ1) is 8.40. The molecule has 2 saturated heterocycles. The lowest BCUT2D eigenvalue weighted by Crippen LogP contribution is -2.41. The Morgan fingerprint density at radius 3 is 2.59 bits per heavy atom. The molecule has 2 aliphatic heterocycles. The van der Waals surface area contributed by atoms with E-state index in [1.807, 2.05) is 0 Å². The number of nitriles is 1. The monoisotopic (exact) mass is 235 g/mol. The normalized spacial score (nSPS) is 27.8. The summed E-state index contributed by atoms with van der Waals surface area (Å²) >= 11 is 0. The Morgan fingerprint density at radius 1 is 1.06 bits per heavy atom. The number of rotatable bonds is 4. The van der Waals surface area contributed by atoms with Crippen LogP contribution in [-0.2, 0) is 0 Å². The van der Waals surface area contributed by atoms with Crippen molar-refractivity contribution in [2.75, 3.05) is 32.7 Å². The highest BCUT2D eigenvalue weighted by atomic mass is 15.2. The highest BCUT2D eigenvalue weighted by Crippen LogP contribution is 2.20. The molecule has 0 aromatic heterocycles. The van der Waals surface area contributed by atoms with Crippen LogP contribution in [0.1, 0.15) is 44.9 Å². The second kappa shape index (κ2) is 6.98. The van der Waals surface area contributed by atoms with E-state index in [0.29, 0.717) is 6.42 Å². The average Bonchev–Trinajstić information content (AvgIpc) is 2.77. The van der Waals surface area contributed by atoms with Gasteiger partial charge in [-0.15, -0.1) is 0 Å². The van der Waals surface area contributed by atoms with Crippen LogP contribution in [0.25, 0.3) is 0 Å². The lowest BCUT2D eigenvalue weighted by Gasteiger charge is -2.30. The van der Waals surface area contributed by atoms with E-state index >= 15 is 0 Å². The zero-order valence-electron chi connectivity index (χ0n) is 10.9. The molecule has 1 atom stereocenters. The molecule has 0 aliphatic carbocycles. The van der Waals surface area contributed by atoms with Crippen molar-refractivity contribution in [1.29, 1.82) is 5.26 Å². The third kappa shape index (κ3) is 3.97. The molecule has 3 heteroatoms. The van der Waals surface area contributed by atoms with Gasteiger partial charge in [-0.3, -0.25) is 4.90 Å². The molecule has 0 amide bonds. The summed E-state index contributed by atoms with van der Waals surface area (Å²) in [5.74, 6) is 0. The summed E-state index contributed by atoms with van der Waals surface area (Å²) in [7, 11) is 0. The van der Waals surface area contributed by atoms with Crippen molar-refractivity contribution in [2.45, 2.75) is 51.0 Å². The summed E-state index contributed by atoms with van der Waals surface area (Å²) in [6.45, 7) is 6.24. The molecule has 3 nitrogen and oxygen atoms in total. The minimum absolute atomic E-state index is 0.713. The maximum atomic E-state index is 8.60. The molecular weight excluding hydrogens is 210 g/mol. The van der Waals surface area contributed by atoms with Gasteiger partial charge in [0, 0.05) is 19.0 Å². The first kappa shape index (κ1) is 12.9. The third-order valence-corrected chi connectivity index (χ3v) is 4.15. The molecule has 0 spiro atoms. The molecule has 0 aromatic carbocycles. The summed E-state index contributed by atoms with van der Waals surface area (Å²) in [5, 5.41) is 8.60. The molecule has 0 unspecified atom stereocenters. The zero-order valence-corrected chi connectivity index (χ0v) is 10.9. The summed E-state index contributed by atoms with van der Waals surface area (Å²) in [6, 6.07) is 3.05. The number of hydrogen-bond acceptors (Lipinski definition) is 3. The Kier molecular flexibility index (Phi) is 5.28. The molecule has 0 N–H and O–H groups in total. The largest absolute Gasteiger partial charge is 0.302 e.